The van der Waals surface area contributed by atoms with Crippen LogP contribution in [0.5, 0.6) is 0 Å². The van der Waals surface area contributed by atoms with Crippen LogP contribution in [0.3, 0.4) is 0 Å². The fourth-order valence-corrected chi connectivity index (χ4v) is 6.04. The van der Waals surface area contributed by atoms with Gasteiger partial charge >= 0.3 is 0 Å². The lowest BCUT2D eigenvalue weighted by Crippen LogP contribution is -2.58. The van der Waals surface area contributed by atoms with E-state index in [0.717, 1.165) is 17.7 Å². The number of benzene rings is 1. The highest BCUT2D eigenvalue weighted by atomic mass is 19.1. The smallest absolute Gasteiger partial charge is 0.139 e. The number of hydrogen-bond donors (Lipinski definition) is 1. The molecule has 2 aromatic rings. The monoisotopic (exact) mass is 406 g/mol. The molecule has 3 nitrogen and oxygen atoms in total. The molecular weight excluding hydrogens is 375 g/mol. The molecule has 4 rings (SSSR count). The van der Waals surface area contributed by atoms with Crippen LogP contribution in [0.15, 0.2) is 48.7 Å². The molecule has 0 bridgehead atoms. The second-order valence-electron chi connectivity index (χ2n) is 9.91. The molecule has 30 heavy (non-hydrogen) atoms. The zero-order chi connectivity index (χ0) is 21.7. The molecule has 0 aliphatic heterocycles. The van der Waals surface area contributed by atoms with Gasteiger partial charge in [0.05, 0.1) is 5.69 Å². The molecule has 6 atom stereocenters. The first-order valence-corrected chi connectivity index (χ1v) is 10.8. The molecule has 158 valence electrons. The Morgan fingerprint density at radius 2 is 1.90 bits per heavy atom. The predicted molar refractivity (Wildman–Crippen MR) is 119 cm³/mol. The Labute approximate surface area is 178 Å². The number of carbonyl (C=O) groups is 1. The molecule has 4 heteroatoms. The molecule has 1 aromatic carbocycles. The van der Waals surface area contributed by atoms with Crippen LogP contribution in [-0.2, 0) is 4.79 Å². The summed E-state index contributed by atoms with van der Waals surface area (Å²) in [5.74, 6) is 1.23. The maximum Gasteiger partial charge on any atom is 0.139 e. The van der Waals surface area contributed by atoms with E-state index in [1.54, 1.807) is 18.3 Å². The molecule has 0 spiro atoms. The lowest BCUT2D eigenvalue weighted by molar-refractivity contribution is -0.131. The average molecular weight is 407 g/mol. The van der Waals surface area contributed by atoms with Crippen molar-refractivity contribution in [2.24, 2.45) is 34.8 Å². The molecule has 0 radical (unpaired) electrons. The van der Waals surface area contributed by atoms with Crippen molar-refractivity contribution in [1.29, 1.82) is 0 Å². The van der Waals surface area contributed by atoms with Crippen molar-refractivity contribution >= 4 is 11.9 Å². The van der Waals surface area contributed by atoms with Crippen LogP contribution in [-0.4, -0.2) is 16.3 Å². The number of nitrogens with two attached hydrogens (primary N) is 1. The number of halogens is 1. The van der Waals surface area contributed by atoms with Gasteiger partial charge in [0.2, 0.25) is 0 Å². The van der Waals surface area contributed by atoms with Gasteiger partial charge in [-0.2, -0.15) is 0 Å². The lowest BCUT2D eigenvalue weighted by Gasteiger charge is -2.53. The van der Waals surface area contributed by atoms with Gasteiger partial charge in [0.15, 0.2) is 0 Å². The molecule has 2 aliphatic carbocycles. The van der Waals surface area contributed by atoms with Crippen molar-refractivity contribution in [3.63, 3.8) is 0 Å². The van der Waals surface area contributed by atoms with E-state index in [2.05, 4.69) is 38.8 Å². The van der Waals surface area contributed by atoms with E-state index in [4.69, 9.17) is 5.73 Å². The predicted octanol–water partition coefficient (Wildman–Crippen LogP) is 5.51. The molecule has 0 saturated heterocycles. The van der Waals surface area contributed by atoms with E-state index in [-0.39, 0.29) is 28.6 Å². The topological polar surface area (TPSA) is 56.0 Å². The minimum atomic E-state index is -0.387. The van der Waals surface area contributed by atoms with Crippen molar-refractivity contribution in [3.8, 4) is 11.1 Å². The third kappa shape index (κ3) is 3.41. The van der Waals surface area contributed by atoms with E-state index < -0.39 is 0 Å². The van der Waals surface area contributed by atoms with Gasteiger partial charge in [0.25, 0.3) is 0 Å². The van der Waals surface area contributed by atoms with Crippen LogP contribution >= 0.6 is 0 Å². The highest BCUT2D eigenvalue weighted by Gasteiger charge is 2.60. The number of ketones is 1. The van der Waals surface area contributed by atoms with Gasteiger partial charge in [-0.1, -0.05) is 51.1 Å². The maximum absolute atomic E-state index is 14.0. The van der Waals surface area contributed by atoms with E-state index in [9.17, 15) is 9.18 Å². The van der Waals surface area contributed by atoms with Gasteiger partial charge in [0, 0.05) is 34.7 Å². The minimum absolute atomic E-state index is 0.216. The van der Waals surface area contributed by atoms with Crippen molar-refractivity contribution in [3.05, 3.63) is 60.2 Å². The van der Waals surface area contributed by atoms with Crippen molar-refractivity contribution in [1.82, 2.24) is 4.98 Å². The number of aromatic nitrogens is 1. The molecule has 2 N–H and O–H groups in total. The Morgan fingerprint density at radius 1 is 1.17 bits per heavy atom. The average Bonchev–Trinajstić information content (AvgIpc) is 2.91. The van der Waals surface area contributed by atoms with Crippen LogP contribution in [0, 0.1) is 34.9 Å². The summed E-state index contributed by atoms with van der Waals surface area (Å²) in [6.45, 7) is 8.60. The molecule has 0 amide bonds. The fourth-order valence-electron chi connectivity index (χ4n) is 6.04. The second kappa shape index (κ2) is 7.42. The Morgan fingerprint density at radius 3 is 2.57 bits per heavy atom. The molecule has 2 saturated carbocycles. The Bertz CT molecular complexity index is 981. The number of rotatable bonds is 3. The van der Waals surface area contributed by atoms with Crippen LogP contribution in [0.2, 0.25) is 0 Å². The third-order valence-electron chi connectivity index (χ3n) is 7.73. The molecule has 2 fully saturated rings. The van der Waals surface area contributed by atoms with E-state index in [1.165, 1.54) is 6.07 Å². The van der Waals surface area contributed by atoms with Crippen LogP contribution in [0.4, 0.5) is 4.39 Å². The number of nitrogens with zero attached hydrogens (tertiary/aromatic N) is 1. The molecule has 6 unspecified atom stereocenters. The first kappa shape index (κ1) is 20.9. The van der Waals surface area contributed by atoms with Gasteiger partial charge in [-0.25, -0.2) is 4.39 Å². The number of Topliss-reactive ketones (excluding diaryl/α,β-unsaturated/α-hetero) is 1. The Hall–Kier alpha value is -2.33. The van der Waals surface area contributed by atoms with Gasteiger partial charge in [-0.3, -0.25) is 9.78 Å². The van der Waals surface area contributed by atoms with Crippen molar-refractivity contribution in [2.75, 3.05) is 0 Å². The highest BCUT2D eigenvalue weighted by molar-refractivity contribution is 5.88. The summed E-state index contributed by atoms with van der Waals surface area (Å²) in [5.41, 5.74) is 8.08. The zero-order valence-electron chi connectivity index (χ0n) is 18.2. The summed E-state index contributed by atoms with van der Waals surface area (Å²) in [5, 5.41) is 0. The summed E-state index contributed by atoms with van der Waals surface area (Å²) < 4.78 is 14.0. The minimum Gasteiger partial charge on any atom is -0.325 e. The first-order chi connectivity index (χ1) is 14.1. The van der Waals surface area contributed by atoms with Gasteiger partial charge in [0.1, 0.15) is 11.6 Å². The molecule has 2 aliphatic rings. The Kier molecular flexibility index (Phi) is 5.17. The van der Waals surface area contributed by atoms with Crippen LogP contribution < -0.4 is 5.73 Å². The number of fused-ring (bicyclic) bond motifs is 1. The normalized spacial score (nSPS) is 36.3. The third-order valence-corrected chi connectivity index (χ3v) is 7.73. The van der Waals surface area contributed by atoms with Gasteiger partial charge < -0.3 is 5.73 Å². The number of carbonyl (C=O) groups excluding carboxylic acids is 1. The number of hydrogen-bond acceptors (Lipinski definition) is 3. The zero-order valence-corrected chi connectivity index (χ0v) is 18.2. The van der Waals surface area contributed by atoms with E-state index >= 15 is 0 Å². The van der Waals surface area contributed by atoms with Crippen LogP contribution in [0.25, 0.3) is 17.2 Å². The molecule has 1 aromatic heterocycles. The highest BCUT2D eigenvalue weighted by Crippen LogP contribution is 2.59. The van der Waals surface area contributed by atoms with Gasteiger partial charge in [-0.15, -0.1) is 0 Å². The standard InChI is InChI=1S/C26H31FN2O/c1-16-13-23(30)25(3)15-26(4,28)17(2)20(24(16)25)12-11-19-10-9-18(14-29-19)21-7-5-6-8-22(21)27/h5-12,14,16-17,20,24H,13,15,28H2,1-4H3/b12-11+. The second-order valence-corrected chi connectivity index (χ2v) is 9.91. The summed E-state index contributed by atoms with van der Waals surface area (Å²) in [4.78, 5) is 17.4. The van der Waals surface area contributed by atoms with Crippen LogP contribution in [0.1, 0.15) is 46.2 Å². The quantitative estimate of drug-likeness (QED) is 0.732. The lowest BCUT2D eigenvalue weighted by atomic mass is 9.53. The van der Waals surface area contributed by atoms with Gasteiger partial charge in [-0.05, 0) is 55.2 Å². The summed E-state index contributed by atoms with van der Waals surface area (Å²) in [6.07, 6.45) is 7.34. The first-order valence-electron chi connectivity index (χ1n) is 10.8. The summed E-state index contributed by atoms with van der Waals surface area (Å²) in [7, 11) is 0. The Balaban J connectivity index is 1.62. The summed E-state index contributed by atoms with van der Waals surface area (Å²) in [6, 6.07) is 10.5. The largest absolute Gasteiger partial charge is 0.325 e. The van der Waals surface area contributed by atoms with Crippen molar-refractivity contribution < 1.29 is 9.18 Å². The van der Waals surface area contributed by atoms with E-state index in [0.29, 0.717) is 29.6 Å². The number of allylic oxidation sites excluding steroid dienone is 1. The SMILES string of the molecule is CC1CC(=O)C2(C)CC(C)(N)C(C)C(/C=C/c3ccc(-c4ccccc4F)cn3)C12. The molecular formula is C26H31FN2O. The maximum atomic E-state index is 14.0. The molecule has 1 heterocycles. The van der Waals surface area contributed by atoms with E-state index in [1.807, 2.05) is 24.3 Å². The fraction of sp³-hybridized carbons (Fsp3) is 0.462. The number of pyridine rings is 1. The summed E-state index contributed by atoms with van der Waals surface area (Å²) >= 11 is 0. The van der Waals surface area contributed by atoms with Crippen molar-refractivity contribution in [2.45, 2.75) is 46.1 Å².